The van der Waals surface area contributed by atoms with Gasteiger partial charge in [0.15, 0.2) is 21.5 Å². The molecule has 178 valence electrons. The maximum absolute atomic E-state index is 12.7. The molecule has 6 heterocycles. The topological polar surface area (TPSA) is 110 Å². The molecule has 6 aromatic rings. The Kier molecular flexibility index (Phi) is 6.07. The van der Waals surface area contributed by atoms with Crippen LogP contribution >= 0.6 is 45.3 Å². The fourth-order valence-electron chi connectivity index (χ4n) is 3.30. The third-order valence-electron chi connectivity index (χ3n) is 4.89. The molecule has 0 spiro atoms. The smallest absolute Gasteiger partial charge is 0.292 e. The first kappa shape index (κ1) is 22.6. The number of thiazole rings is 2. The number of rotatable bonds is 7. The number of furan rings is 2. The molecule has 2 amide bonds. The molecule has 0 aliphatic carbocycles. The van der Waals surface area contributed by atoms with Crippen LogP contribution in [0.4, 0.5) is 10.0 Å². The van der Waals surface area contributed by atoms with Crippen LogP contribution in [0.15, 0.2) is 80.7 Å². The van der Waals surface area contributed by atoms with Gasteiger partial charge in [0.2, 0.25) is 0 Å². The molecule has 2 N–H and O–H groups in total. The first-order valence-electron chi connectivity index (χ1n) is 10.4. The van der Waals surface area contributed by atoms with Crippen LogP contribution < -0.4 is 10.6 Å². The first-order valence-corrected chi connectivity index (χ1v) is 13.8. The third kappa shape index (κ3) is 4.42. The van der Waals surface area contributed by atoms with Crippen LogP contribution in [0.2, 0.25) is 0 Å². The number of amides is 2. The average Bonchev–Trinajstić information content (AvgIpc) is 3.73. The summed E-state index contributed by atoms with van der Waals surface area (Å²) in [5, 5.41) is 12.2. The van der Waals surface area contributed by atoms with Gasteiger partial charge in [0, 0.05) is 0 Å². The molecule has 0 bridgehead atoms. The zero-order valence-electron chi connectivity index (χ0n) is 18.1. The van der Waals surface area contributed by atoms with Crippen molar-refractivity contribution in [3.05, 3.63) is 83.3 Å². The van der Waals surface area contributed by atoms with Gasteiger partial charge in [-0.1, -0.05) is 34.8 Å². The summed E-state index contributed by atoms with van der Waals surface area (Å²) >= 11 is 5.68. The Morgan fingerprint density at radius 3 is 1.50 bits per heavy atom. The zero-order valence-corrected chi connectivity index (χ0v) is 21.4. The van der Waals surface area contributed by atoms with Gasteiger partial charge in [-0.3, -0.25) is 9.59 Å². The lowest BCUT2D eigenvalue weighted by Crippen LogP contribution is -2.10. The minimum Gasteiger partial charge on any atom is -0.459 e. The van der Waals surface area contributed by atoms with Crippen LogP contribution in [0.1, 0.15) is 21.1 Å². The SMILES string of the molecule is O=C(Nc1sc(-c2nc(-c3cccs3)c(NC(=O)c3ccco3)s2)nc1-c1cccs1)c1ccco1. The van der Waals surface area contributed by atoms with E-state index in [2.05, 4.69) is 10.6 Å². The minimum absolute atomic E-state index is 0.208. The van der Waals surface area contributed by atoms with E-state index in [-0.39, 0.29) is 23.3 Å². The monoisotopic (exact) mass is 550 g/mol. The second-order valence-corrected chi connectivity index (χ2v) is 11.1. The Morgan fingerprint density at radius 2 is 1.14 bits per heavy atom. The fraction of sp³-hybridized carbons (Fsp3) is 0. The minimum atomic E-state index is -0.363. The van der Waals surface area contributed by atoms with Crippen LogP contribution in [0.3, 0.4) is 0 Å². The van der Waals surface area contributed by atoms with Crippen LogP contribution in [0, 0.1) is 0 Å². The molecule has 0 unspecified atom stereocenters. The molecular formula is C24H14N4O4S4. The maximum Gasteiger partial charge on any atom is 0.292 e. The highest BCUT2D eigenvalue weighted by Crippen LogP contribution is 2.45. The van der Waals surface area contributed by atoms with Gasteiger partial charge >= 0.3 is 0 Å². The summed E-state index contributed by atoms with van der Waals surface area (Å²) in [6.07, 6.45) is 2.90. The van der Waals surface area contributed by atoms with Crippen molar-refractivity contribution < 1.29 is 18.4 Å². The summed E-state index contributed by atoms with van der Waals surface area (Å²) in [6.45, 7) is 0. The Balaban J connectivity index is 1.39. The largest absolute Gasteiger partial charge is 0.459 e. The van der Waals surface area contributed by atoms with Gasteiger partial charge in [0.25, 0.3) is 11.8 Å². The number of hydrogen-bond acceptors (Lipinski definition) is 10. The number of nitrogens with zero attached hydrogens (tertiary/aromatic N) is 2. The van der Waals surface area contributed by atoms with E-state index in [4.69, 9.17) is 18.8 Å². The lowest BCUT2D eigenvalue weighted by Gasteiger charge is -2.01. The van der Waals surface area contributed by atoms with Crippen molar-refractivity contribution in [2.45, 2.75) is 0 Å². The Hall–Kier alpha value is -3.84. The van der Waals surface area contributed by atoms with E-state index < -0.39 is 0 Å². The number of anilines is 2. The van der Waals surface area contributed by atoms with Crippen molar-refractivity contribution in [3.8, 4) is 31.2 Å². The van der Waals surface area contributed by atoms with E-state index in [1.807, 2.05) is 35.0 Å². The Morgan fingerprint density at radius 1 is 0.667 bits per heavy atom. The van der Waals surface area contributed by atoms with E-state index >= 15 is 0 Å². The highest BCUT2D eigenvalue weighted by Gasteiger charge is 2.24. The van der Waals surface area contributed by atoms with Gasteiger partial charge in [-0.15, -0.1) is 22.7 Å². The summed E-state index contributed by atoms with van der Waals surface area (Å²) in [5.74, 6) is -0.311. The standard InChI is InChI=1S/C24H14N4O4S4/c29-19(13-5-1-9-31-13)27-21-17(15-7-3-11-33-15)25-23(35-21)24-26-18(16-8-4-12-34-16)22(36-24)28-20(30)14-6-2-10-32-14/h1-12H,(H,27,29)(H,28,30). The molecule has 36 heavy (non-hydrogen) atoms. The first-order chi connectivity index (χ1) is 17.7. The van der Waals surface area contributed by atoms with Crippen molar-refractivity contribution in [1.29, 1.82) is 0 Å². The third-order valence-corrected chi connectivity index (χ3v) is 8.73. The predicted molar refractivity (Wildman–Crippen MR) is 143 cm³/mol. The summed E-state index contributed by atoms with van der Waals surface area (Å²) < 4.78 is 10.5. The van der Waals surface area contributed by atoms with E-state index in [1.165, 1.54) is 57.9 Å². The van der Waals surface area contributed by atoms with Crippen molar-refractivity contribution in [3.63, 3.8) is 0 Å². The fourth-order valence-corrected chi connectivity index (χ4v) is 6.84. The lowest BCUT2D eigenvalue weighted by atomic mass is 10.3. The van der Waals surface area contributed by atoms with Crippen molar-refractivity contribution in [2.75, 3.05) is 10.6 Å². The molecule has 8 nitrogen and oxygen atoms in total. The van der Waals surface area contributed by atoms with Crippen LogP contribution in [-0.2, 0) is 0 Å². The number of carbonyl (C=O) groups excluding carboxylic acids is 2. The summed E-state index contributed by atoms with van der Waals surface area (Å²) in [5.41, 5.74) is 1.30. The van der Waals surface area contributed by atoms with E-state index in [0.29, 0.717) is 31.4 Å². The van der Waals surface area contributed by atoms with Crippen LogP contribution in [-0.4, -0.2) is 21.8 Å². The van der Waals surface area contributed by atoms with Crippen LogP contribution in [0.25, 0.3) is 31.2 Å². The molecule has 0 aliphatic rings. The van der Waals surface area contributed by atoms with Crippen molar-refractivity contribution in [1.82, 2.24) is 9.97 Å². The average molecular weight is 551 g/mol. The molecule has 6 rings (SSSR count). The number of thiophene rings is 2. The zero-order chi connectivity index (χ0) is 24.5. The van der Waals surface area contributed by atoms with Crippen molar-refractivity contribution >= 4 is 67.2 Å². The molecule has 6 aromatic heterocycles. The number of aromatic nitrogens is 2. The summed E-state index contributed by atoms with van der Waals surface area (Å²) in [4.78, 5) is 36.9. The molecular weight excluding hydrogens is 537 g/mol. The van der Waals surface area contributed by atoms with E-state index in [1.54, 1.807) is 24.3 Å². The summed E-state index contributed by atoms with van der Waals surface area (Å²) in [7, 11) is 0. The maximum atomic E-state index is 12.7. The lowest BCUT2D eigenvalue weighted by molar-refractivity contribution is 0.0990. The highest BCUT2D eigenvalue weighted by molar-refractivity contribution is 7.26. The van der Waals surface area contributed by atoms with Gasteiger partial charge < -0.3 is 19.5 Å². The molecule has 0 saturated carbocycles. The number of hydrogen-bond donors (Lipinski definition) is 2. The number of carbonyl (C=O) groups is 2. The molecule has 0 aromatic carbocycles. The summed E-state index contributed by atoms with van der Waals surface area (Å²) in [6, 6.07) is 14.3. The van der Waals surface area contributed by atoms with Gasteiger partial charge in [-0.25, -0.2) is 9.97 Å². The quantitative estimate of drug-likeness (QED) is 0.214. The normalized spacial score (nSPS) is 11.0. The molecule has 12 heteroatoms. The van der Waals surface area contributed by atoms with Crippen LogP contribution in [0.5, 0.6) is 0 Å². The predicted octanol–water partition coefficient (Wildman–Crippen LogP) is 7.41. The Bertz CT molecular complexity index is 1490. The van der Waals surface area contributed by atoms with Gasteiger partial charge in [0.1, 0.15) is 21.4 Å². The molecule has 0 aliphatic heterocycles. The van der Waals surface area contributed by atoms with Gasteiger partial charge in [-0.05, 0) is 47.2 Å². The second kappa shape index (κ2) is 9.66. The van der Waals surface area contributed by atoms with Gasteiger partial charge in [-0.2, -0.15) is 0 Å². The molecule has 0 radical (unpaired) electrons. The Labute approximate surface area is 219 Å². The van der Waals surface area contributed by atoms with E-state index in [0.717, 1.165) is 9.75 Å². The van der Waals surface area contributed by atoms with Crippen molar-refractivity contribution in [2.24, 2.45) is 0 Å². The van der Waals surface area contributed by atoms with E-state index in [9.17, 15) is 9.59 Å². The van der Waals surface area contributed by atoms with Gasteiger partial charge in [0.05, 0.1) is 22.3 Å². The second-order valence-electron chi connectivity index (χ2n) is 7.21. The molecule has 0 atom stereocenters. The molecule has 0 fully saturated rings. The molecule has 0 saturated heterocycles. The highest BCUT2D eigenvalue weighted by atomic mass is 32.1. The number of nitrogens with one attached hydrogen (secondary N) is 2.